The minimum Gasteiger partial charge on any atom is -0.488 e. The number of ether oxygens (including phenoxy) is 1. The highest BCUT2D eigenvalue weighted by atomic mass is 16.5. The van der Waals surface area contributed by atoms with Crippen LogP contribution in [0.2, 0.25) is 0 Å². The summed E-state index contributed by atoms with van der Waals surface area (Å²) in [6, 6.07) is 16.5. The molecule has 0 spiro atoms. The molecule has 6 nitrogen and oxygen atoms in total. The van der Waals surface area contributed by atoms with Crippen LogP contribution in [0, 0.1) is 6.92 Å². The van der Waals surface area contributed by atoms with Crippen LogP contribution in [-0.4, -0.2) is 22.4 Å². The highest BCUT2D eigenvalue weighted by Crippen LogP contribution is 2.42. The molecule has 34 heavy (non-hydrogen) atoms. The molecule has 0 saturated carbocycles. The molecular weight excluding hydrogens is 426 g/mol. The fourth-order valence-electron chi connectivity index (χ4n) is 5.15. The number of carbonyl (C=O) groups excluding carboxylic acids is 1. The van der Waals surface area contributed by atoms with Crippen LogP contribution in [0.4, 0.5) is 0 Å². The molecule has 3 heterocycles. The molecule has 0 bridgehead atoms. The standard InChI is InChI=1S/C28H27N3O3/c1-17-14-19-8-5-9-21(19)26(33-16-18-6-3-2-4-7-18)25(17)22-11-12-23-27(30-22)31-28(34-23)20-10-13-24(32)29-15-20/h2-4,6-7,11-12,14,20H,5,8-10,13,15-16H2,1H3,(H,29,32). The number of pyridine rings is 1. The van der Waals surface area contributed by atoms with Crippen LogP contribution in [0.1, 0.15) is 53.3 Å². The van der Waals surface area contributed by atoms with Crippen molar-refractivity contribution >= 4 is 17.1 Å². The topological polar surface area (TPSA) is 77.2 Å². The minimum absolute atomic E-state index is 0.0850. The van der Waals surface area contributed by atoms with Gasteiger partial charge in [-0.2, -0.15) is 4.98 Å². The Morgan fingerprint density at radius 1 is 1.09 bits per heavy atom. The van der Waals surface area contributed by atoms with Crippen molar-refractivity contribution < 1.29 is 13.9 Å². The maximum Gasteiger partial charge on any atom is 0.220 e. The molecule has 1 aliphatic carbocycles. The van der Waals surface area contributed by atoms with E-state index in [1.807, 2.05) is 30.3 Å². The predicted octanol–water partition coefficient (Wildman–Crippen LogP) is 5.26. The average Bonchev–Trinajstić information content (AvgIpc) is 3.50. The second-order valence-corrected chi connectivity index (χ2v) is 9.27. The first-order chi connectivity index (χ1) is 16.7. The van der Waals surface area contributed by atoms with Crippen molar-refractivity contribution in [1.29, 1.82) is 0 Å². The molecule has 6 rings (SSSR count). The van der Waals surface area contributed by atoms with Gasteiger partial charge in [0.1, 0.15) is 12.4 Å². The number of aromatic nitrogens is 2. The molecule has 6 heteroatoms. The van der Waals surface area contributed by atoms with Crippen LogP contribution in [0.25, 0.3) is 22.5 Å². The predicted molar refractivity (Wildman–Crippen MR) is 130 cm³/mol. The van der Waals surface area contributed by atoms with Crippen molar-refractivity contribution in [2.45, 2.75) is 51.6 Å². The van der Waals surface area contributed by atoms with Gasteiger partial charge >= 0.3 is 0 Å². The van der Waals surface area contributed by atoms with E-state index in [1.54, 1.807) is 0 Å². The van der Waals surface area contributed by atoms with Crippen molar-refractivity contribution in [3.8, 4) is 17.0 Å². The number of amides is 1. The number of hydrogen-bond donors (Lipinski definition) is 1. The van der Waals surface area contributed by atoms with Crippen molar-refractivity contribution in [2.24, 2.45) is 0 Å². The summed E-state index contributed by atoms with van der Waals surface area (Å²) >= 11 is 0. The van der Waals surface area contributed by atoms with Gasteiger partial charge in [0.25, 0.3) is 0 Å². The van der Waals surface area contributed by atoms with Crippen LogP contribution in [-0.2, 0) is 24.2 Å². The van der Waals surface area contributed by atoms with Gasteiger partial charge in [-0.15, -0.1) is 0 Å². The molecule has 2 aromatic heterocycles. The number of aryl methyl sites for hydroxylation is 2. The Balaban J connectivity index is 1.38. The van der Waals surface area contributed by atoms with Gasteiger partial charge in [0, 0.05) is 18.5 Å². The van der Waals surface area contributed by atoms with Crippen LogP contribution in [0.15, 0.2) is 52.9 Å². The molecule has 1 unspecified atom stereocenters. The number of oxazole rings is 1. The van der Waals surface area contributed by atoms with E-state index in [4.69, 9.17) is 19.1 Å². The zero-order valence-electron chi connectivity index (χ0n) is 19.3. The second-order valence-electron chi connectivity index (χ2n) is 9.27. The third-order valence-corrected chi connectivity index (χ3v) is 6.91. The van der Waals surface area contributed by atoms with Crippen molar-refractivity contribution in [2.75, 3.05) is 6.54 Å². The third-order valence-electron chi connectivity index (χ3n) is 6.91. The van der Waals surface area contributed by atoms with Gasteiger partial charge in [-0.3, -0.25) is 4.79 Å². The zero-order valence-corrected chi connectivity index (χ0v) is 19.3. The molecule has 1 amide bonds. The fraction of sp³-hybridized carbons (Fsp3) is 0.321. The van der Waals surface area contributed by atoms with Crippen molar-refractivity contribution in [3.63, 3.8) is 0 Å². The van der Waals surface area contributed by atoms with Gasteiger partial charge in [-0.05, 0) is 67.0 Å². The normalized spacial score (nSPS) is 17.6. The van der Waals surface area contributed by atoms with Gasteiger partial charge in [0.05, 0.1) is 11.6 Å². The van der Waals surface area contributed by atoms with Crippen LogP contribution in [0.3, 0.4) is 0 Å². The van der Waals surface area contributed by atoms with E-state index in [0.29, 0.717) is 36.7 Å². The van der Waals surface area contributed by atoms with Gasteiger partial charge in [0.15, 0.2) is 11.2 Å². The van der Waals surface area contributed by atoms with Gasteiger partial charge in [-0.1, -0.05) is 36.4 Å². The lowest BCUT2D eigenvalue weighted by Gasteiger charge is -2.18. The van der Waals surface area contributed by atoms with E-state index in [0.717, 1.165) is 53.8 Å². The summed E-state index contributed by atoms with van der Waals surface area (Å²) in [5.41, 5.74) is 8.14. The first-order valence-corrected chi connectivity index (χ1v) is 12.0. The number of hydrogen-bond acceptors (Lipinski definition) is 5. The maximum atomic E-state index is 11.5. The monoisotopic (exact) mass is 453 g/mol. The molecule has 1 fully saturated rings. The fourth-order valence-corrected chi connectivity index (χ4v) is 5.15. The van der Waals surface area contributed by atoms with Crippen molar-refractivity contribution in [1.82, 2.24) is 15.3 Å². The van der Waals surface area contributed by atoms with Gasteiger partial charge in [-0.25, -0.2) is 4.98 Å². The summed E-state index contributed by atoms with van der Waals surface area (Å²) in [6.45, 7) is 3.21. The molecule has 1 saturated heterocycles. The van der Waals surface area contributed by atoms with E-state index < -0.39 is 0 Å². The largest absolute Gasteiger partial charge is 0.488 e. The lowest BCUT2D eigenvalue weighted by atomic mass is 9.96. The number of rotatable bonds is 5. The second kappa shape index (κ2) is 8.60. The summed E-state index contributed by atoms with van der Waals surface area (Å²) in [5.74, 6) is 1.76. The summed E-state index contributed by atoms with van der Waals surface area (Å²) in [5, 5.41) is 2.90. The molecule has 2 aliphatic rings. The Morgan fingerprint density at radius 2 is 1.97 bits per heavy atom. The maximum absolute atomic E-state index is 11.5. The first kappa shape index (κ1) is 20.9. The molecule has 1 atom stereocenters. The minimum atomic E-state index is 0.0850. The lowest BCUT2D eigenvalue weighted by molar-refractivity contribution is -0.122. The average molecular weight is 454 g/mol. The van der Waals surface area contributed by atoms with Crippen LogP contribution < -0.4 is 10.1 Å². The van der Waals surface area contributed by atoms with Crippen LogP contribution >= 0.6 is 0 Å². The highest BCUT2D eigenvalue weighted by Gasteiger charge is 2.26. The van der Waals surface area contributed by atoms with Crippen LogP contribution in [0.5, 0.6) is 5.75 Å². The zero-order chi connectivity index (χ0) is 23.1. The summed E-state index contributed by atoms with van der Waals surface area (Å²) < 4.78 is 12.5. The Kier molecular flexibility index (Phi) is 5.28. The Hall–Kier alpha value is -3.67. The number of benzene rings is 2. The molecule has 2 aromatic carbocycles. The molecular formula is C28H27N3O3. The summed E-state index contributed by atoms with van der Waals surface area (Å²) in [7, 11) is 0. The first-order valence-electron chi connectivity index (χ1n) is 12.0. The number of nitrogens with one attached hydrogen (secondary N) is 1. The number of carbonyl (C=O) groups is 1. The Labute approximate surface area is 198 Å². The Bertz CT molecular complexity index is 1370. The van der Waals surface area contributed by atoms with E-state index in [-0.39, 0.29) is 11.8 Å². The number of fused-ring (bicyclic) bond motifs is 2. The number of piperidine rings is 1. The molecule has 172 valence electrons. The van der Waals surface area contributed by atoms with Crippen molar-refractivity contribution in [3.05, 3.63) is 76.7 Å². The summed E-state index contributed by atoms with van der Waals surface area (Å²) in [4.78, 5) is 21.1. The van der Waals surface area contributed by atoms with Gasteiger partial charge in [0.2, 0.25) is 11.8 Å². The van der Waals surface area contributed by atoms with E-state index in [2.05, 4.69) is 30.4 Å². The molecule has 1 N–H and O–H groups in total. The lowest BCUT2D eigenvalue weighted by Crippen LogP contribution is -2.33. The highest BCUT2D eigenvalue weighted by molar-refractivity contribution is 5.80. The summed E-state index contributed by atoms with van der Waals surface area (Å²) in [6.07, 6.45) is 4.51. The SMILES string of the molecule is Cc1cc2c(c(OCc3ccccc3)c1-c1ccc3oc(C4CCC(=O)NC4)nc3n1)CCC2. The smallest absolute Gasteiger partial charge is 0.220 e. The Morgan fingerprint density at radius 3 is 2.79 bits per heavy atom. The van der Waals surface area contributed by atoms with E-state index in [9.17, 15) is 4.79 Å². The number of nitrogens with zero attached hydrogens (tertiary/aromatic N) is 2. The quantitative estimate of drug-likeness (QED) is 0.446. The van der Waals surface area contributed by atoms with E-state index in [1.165, 1.54) is 11.1 Å². The molecule has 4 aromatic rings. The third kappa shape index (κ3) is 3.83. The molecule has 0 radical (unpaired) electrons. The van der Waals surface area contributed by atoms with E-state index >= 15 is 0 Å². The molecule has 1 aliphatic heterocycles. The van der Waals surface area contributed by atoms with Gasteiger partial charge < -0.3 is 14.5 Å².